The maximum absolute atomic E-state index is 14.6. The molecule has 51 heavy (non-hydrogen) atoms. The molecule has 0 saturated carbocycles. The van der Waals surface area contributed by atoms with Crippen LogP contribution in [-0.2, 0) is 34.8 Å². The van der Waals surface area contributed by atoms with Crippen molar-refractivity contribution >= 4 is 11.9 Å². The van der Waals surface area contributed by atoms with Gasteiger partial charge in [-0.05, 0) is 123 Å². The second-order valence-corrected chi connectivity index (χ2v) is 13.4. The van der Waals surface area contributed by atoms with Crippen LogP contribution in [0, 0.1) is 12.7 Å². The highest BCUT2D eigenvalue weighted by molar-refractivity contribution is 5.82. The van der Waals surface area contributed by atoms with E-state index in [4.69, 9.17) is 0 Å². The number of pyridine rings is 1. The molecule has 2 aromatic carbocycles. The Morgan fingerprint density at radius 3 is 2.27 bits per heavy atom. The van der Waals surface area contributed by atoms with E-state index in [2.05, 4.69) is 5.32 Å². The van der Waals surface area contributed by atoms with Crippen molar-refractivity contribution in [1.29, 1.82) is 0 Å². The number of halogens is 7. The second kappa shape index (κ2) is 16.4. The quantitative estimate of drug-likeness (QED) is 0.240. The molecule has 2 atom stereocenters. The molecule has 4 rings (SSSR count). The van der Waals surface area contributed by atoms with Gasteiger partial charge in [-0.15, -0.1) is 0 Å². The summed E-state index contributed by atoms with van der Waals surface area (Å²) in [5.41, 5.74) is -2.43. The van der Waals surface area contributed by atoms with Gasteiger partial charge in [-0.1, -0.05) is 25.7 Å². The monoisotopic (exact) mass is 725 g/mol. The van der Waals surface area contributed by atoms with Crippen LogP contribution < -0.4 is 10.9 Å². The number of aromatic nitrogens is 1. The zero-order valence-electron chi connectivity index (χ0n) is 28.7. The lowest BCUT2D eigenvalue weighted by Gasteiger charge is -2.26. The SMILES string of the molecule is Cc1cc(F)cc2c1-c1cc(cc(C(F)(F)F)c1)[C@H](CC(=O)O)NC(=O)[C@@H](n1cc(CCCN(C)C)c(C(F)(F)F)cc1=O)CCCCCCC2. The Morgan fingerprint density at radius 2 is 1.63 bits per heavy atom. The van der Waals surface area contributed by atoms with Crippen molar-refractivity contribution in [1.82, 2.24) is 14.8 Å². The number of fused-ring (bicyclic) bond motifs is 4. The summed E-state index contributed by atoms with van der Waals surface area (Å²) in [4.78, 5) is 41.2. The molecule has 7 nitrogen and oxygen atoms in total. The summed E-state index contributed by atoms with van der Waals surface area (Å²) in [7, 11) is 3.52. The number of carboxylic acids is 1. The minimum absolute atomic E-state index is 0.00485. The molecule has 0 fully saturated rings. The van der Waals surface area contributed by atoms with Gasteiger partial charge in [0.1, 0.15) is 11.9 Å². The van der Waals surface area contributed by atoms with Crippen LogP contribution in [0.5, 0.6) is 0 Å². The lowest BCUT2D eigenvalue weighted by molar-refractivity contribution is -0.139. The van der Waals surface area contributed by atoms with E-state index >= 15 is 0 Å². The van der Waals surface area contributed by atoms with Gasteiger partial charge in [0, 0.05) is 12.3 Å². The Kier molecular flexibility index (Phi) is 12.8. The molecule has 278 valence electrons. The molecule has 2 N–H and O–H groups in total. The highest BCUT2D eigenvalue weighted by Gasteiger charge is 2.36. The van der Waals surface area contributed by atoms with Gasteiger partial charge in [0.15, 0.2) is 0 Å². The van der Waals surface area contributed by atoms with Crippen molar-refractivity contribution in [3.05, 3.63) is 92.1 Å². The second-order valence-electron chi connectivity index (χ2n) is 13.4. The largest absolute Gasteiger partial charge is 0.481 e. The lowest BCUT2D eigenvalue weighted by atomic mass is 9.88. The zero-order valence-corrected chi connectivity index (χ0v) is 28.7. The molecule has 0 unspecified atom stereocenters. The van der Waals surface area contributed by atoms with Gasteiger partial charge in [-0.3, -0.25) is 14.4 Å². The van der Waals surface area contributed by atoms with E-state index in [0.717, 1.165) is 22.9 Å². The van der Waals surface area contributed by atoms with Crippen LogP contribution in [-0.4, -0.2) is 47.1 Å². The summed E-state index contributed by atoms with van der Waals surface area (Å²) in [5.74, 6) is -2.92. The first-order chi connectivity index (χ1) is 23.8. The van der Waals surface area contributed by atoms with Gasteiger partial charge >= 0.3 is 18.3 Å². The van der Waals surface area contributed by atoms with Crippen LogP contribution in [0.1, 0.15) is 96.8 Å². The van der Waals surface area contributed by atoms with E-state index in [9.17, 15) is 50.2 Å². The van der Waals surface area contributed by atoms with Crippen molar-refractivity contribution in [3.63, 3.8) is 0 Å². The molecule has 0 aliphatic carbocycles. The fourth-order valence-electron chi connectivity index (χ4n) is 6.74. The Morgan fingerprint density at radius 1 is 0.941 bits per heavy atom. The molecular weight excluding hydrogens is 683 g/mol. The Labute approximate surface area is 291 Å². The van der Waals surface area contributed by atoms with E-state index in [1.807, 2.05) is 0 Å². The number of carbonyl (C=O) groups is 2. The number of carbonyl (C=O) groups excluding carboxylic acids is 1. The van der Waals surface area contributed by atoms with E-state index in [1.165, 1.54) is 18.2 Å². The molecule has 0 saturated heterocycles. The Bertz CT molecular complexity index is 1780. The normalized spacial score (nSPS) is 18.0. The molecule has 14 heteroatoms. The highest BCUT2D eigenvalue weighted by Crippen LogP contribution is 2.39. The first-order valence-electron chi connectivity index (χ1n) is 16.9. The van der Waals surface area contributed by atoms with Gasteiger partial charge < -0.3 is 19.9 Å². The molecule has 0 spiro atoms. The van der Waals surface area contributed by atoms with Gasteiger partial charge in [0.05, 0.1) is 23.6 Å². The minimum Gasteiger partial charge on any atom is -0.481 e. The van der Waals surface area contributed by atoms with Gasteiger partial charge in [-0.25, -0.2) is 4.39 Å². The van der Waals surface area contributed by atoms with Crippen LogP contribution in [0.3, 0.4) is 0 Å². The standard InChI is InChI=1S/C37H42F7N3O4/c1-22-14-28(38)18-23-10-7-5-4-6-8-12-31(47-21-24(11-9-13-46(2)3)29(19-32(47)48)37(42,43)44)35(51)45-30(20-33(49)50)25-15-26(34(22)23)17-27(16-25)36(39,40)41/h14-19,21,30-31H,4-13,20H2,1-3H3,(H,45,51)(H,49,50)/t30-,31-/m0/s1. The van der Waals surface area contributed by atoms with Crippen LogP contribution in [0.4, 0.5) is 30.7 Å². The third-order valence-electron chi connectivity index (χ3n) is 9.13. The molecule has 2 bridgehead atoms. The van der Waals surface area contributed by atoms with Crippen molar-refractivity contribution < 1.29 is 45.4 Å². The summed E-state index contributed by atoms with van der Waals surface area (Å²) in [6.45, 7) is 2.02. The number of hydrogen-bond acceptors (Lipinski definition) is 4. The molecule has 3 aromatic rings. The highest BCUT2D eigenvalue weighted by atomic mass is 19.4. The summed E-state index contributed by atoms with van der Waals surface area (Å²) >= 11 is 0. The van der Waals surface area contributed by atoms with E-state index in [-0.39, 0.29) is 29.5 Å². The maximum Gasteiger partial charge on any atom is 0.416 e. The average Bonchev–Trinajstić information content (AvgIpc) is 3.00. The predicted octanol–water partition coefficient (Wildman–Crippen LogP) is 8.26. The summed E-state index contributed by atoms with van der Waals surface area (Å²) in [6.07, 6.45) is -6.09. The minimum atomic E-state index is -4.88. The number of nitrogens with one attached hydrogen (secondary N) is 1. The first kappa shape index (κ1) is 39.6. The smallest absolute Gasteiger partial charge is 0.416 e. The molecule has 1 aliphatic heterocycles. The van der Waals surface area contributed by atoms with E-state index in [1.54, 1.807) is 25.9 Å². The van der Waals surface area contributed by atoms with Gasteiger partial charge in [0.25, 0.3) is 5.56 Å². The lowest BCUT2D eigenvalue weighted by Crippen LogP contribution is -2.40. The number of nitrogens with zero attached hydrogens (tertiary/aromatic N) is 2. The number of benzene rings is 2. The van der Waals surface area contributed by atoms with Crippen molar-refractivity contribution in [2.24, 2.45) is 0 Å². The summed E-state index contributed by atoms with van der Waals surface area (Å²) < 4.78 is 101. The number of rotatable bonds is 7. The topological polar surface area (TPSA) is 91.6 Å². The maximum atomic E-state index is 14.6. The molecular formula is C37H42F7N3O4. The number of carboxylic acid groups (broad SMARTS) is 1. The van der Waals surface area contributed by atoms with Crippen LogP contribution in [0.2, 0.25) is 0 Å². The van der Waals surface area contributed by atoms with Crippen molar-refractivity contribution in [3.8, 4) is 11.1 Å². The number of aliphatic carboxylic acids is 1. The first-order valence-corrected chi connectivity index (χ1v) is 16.9. The van der Waals surface area contributed by atoms with Gasteiger partial charge in [-0.2, -0.15) is 26.3 Å². The Hall–Kier alpha value is -4.20. The average molecular weight is 726 g/mol. The zero-order chi connectivity index (χ0) is 37.7. The fraction of sp³-hybridized carbons (Fsp3) is 0.486. The molecule has 1 amide bonds. The molecule has 0 radical (unpaired) electrons. The predicted molar refractivity (Wildman–Crippen MR) is 178 cm³/mol. The van der Waals surface area contributed by atoms with Crippen molar-refractivity contribution in [2.75, 3.05) is 20.6 Å². The number of hydrogen-bond donors (Lipinski definition) is 2. The van der Waals surface area contributed by atoms with Crippen LogP contribution >= 0.6 is 0 Å². The molecule has 2 heterocycles. The Balaban J connectivity index is 1.88. The number of alkyl halides is 6. The van der Waals surface area contributed by atoms with E-state index < -0.39 is 65.2 Å². The van der Waals surface area contributed by atoms with Crippen LogP contribution in [0.25, 0.3) is 11.1 Å². The van der Waals surface area contributed by atoms with Crippen molar-refractivity contribution in [2.45, 2.75) is 95.6 Å². The third kappa shape index (κ3) is 10.4. The fourth-order valence-corrected chi connectivity index (χ4v) is 6.74. The number of amides is 1. The van der Waals surface area contributed by atoms with Crippen LogP contribution in [0.15, 0.2) is 47.4 Å². The summed E-state index contributed by atoms with van der Waals surface area (Å²) in [6, 6.07) is 3.00. The summed E-state index contributed by atoms with van der Waals surface area (Å²) in [5, 5.41) is 12.3. The van der Waals surface area contributed by atoms with E-state index in [0.29, 0.717) is 74.2 Å². The molecule has 1 aromatic heterocycles. The number of aryl methyl sites for hydroxylation is 3. The molecule has 1 aliphatic rings. The van der Waals surface area contributed by atoms with Gasteiger partial charge in [0.2, 0.25) is 5.91 Å². The third-order valence-corrected chi connectivity index (χ3v) is 9.13.